The molecule has 0 amide bonds. The van der Waals surface area contributed by atoms with Gasteiger partial charge in [0.25, 0.3) is 0 Å². The smallest absolute Gasteiger partial charge is 0.462 e. The largest absolute Gasteiger partial charge is 0.472 e. The van der Waals surface area contributed by atoms with E-state index in [1.165, 1.54) is 25.7 Å². The van der Waals surface area contributed by atoms with Crippen LogP contribution in [0.4, 0.5) is 0 Å². The van der Waals surface area contributed by atoms with Crippen molar-refractivity contribution in [3.05, 3.63) is 97.2 Å². The minimum atomic E-state index is -4.40. The topological polar surface area (TPSA) is 134 Å². The van der Waals surface area contributed by atoms with E-state index in [9.17, 15) is 19.0 Å². The van der Waals surface area contributed by atoms with Crippen LogP contribution in [-0.4, -0.2) is 49.3 Å². The first kappa shape index (κ1) is 51.9. The van der Waals surface area contributed by atoms with Crippen molar-refractivity contribution >= 4 is 19.8 Å². The number of phosphoric ester groups is 1. The van der Waals surface area contributed by atoms with E-state index in [0.29, 0.717) is 12.8 Å². The van der Waals surface area contributed by atoms with Gasteiger partial charge in [-0.2, -0.15) is 0 Å². The summed E-state index contributed by atoms with van der Waals surface area (Å²) in [7, 11) is -4.40. The monoisotopic (exact) mass is 788 g/mol. The maximum Gasteiger partial charge on any atom is 0.472 e. The van der Waals surface area contributed by atoms with Gasteiger partial charge in [-0.1, -0.05) is 130 Å². The summed E-state index contributed by atoms with van der Waals surface area (Å²) < 4.78 is 32.7. The van der Waals surface area contributed by atoms with Gasteiger partial charge in [-0.25, -0.2) is 4.57 Å². The fraction of sp³-hybridized carbons (Fsp3) is 0.600. The maximum absolute atomic E-state index is 12.6. The molecule has 0 radical (unpaired) electrons. The molecule has 0 saturated heterocycles. The Bertz CT molecular complexity index is 1220. The first-order chi connectivity index (χ1) is 26.8. The lowest BCUT2D eigenvalue weighted by Gasteiger charge is -2.19. The van der Waals surface area contributed by atoms with Crippen LogP contribution in [0, 0.1) is 0 Å². The molecule has 9 nitrogen and oxygen atoms in total. The molecular formula is C45H74NO8P. The summed E-state index contributed by atoms with van der Waals surface area (Å²) in [5.74, 6) is -0.925. The van der Waals surface area contributed by atoms with E-state index in [1.54, 1.807) is 0 Å². The molecule has 0 bridgehead atoms. The minimum absolute atomic E-state index is 0.0363. The molecule has 0 rings (SSSR count). The van der Waals surface area contributed by atoms with E-state index in [-0.39, 0.29) is 32.6 Å². The summed E-state index contributed by atoms with van der Waals surface area (Å²) in [5.41, 5.74) is 5.34. The summed E-state index contributed by atoms with van der Waals surface area (Å²) >= 11 is 0. The average Bonchev–Trinajstić information content (AvgIpc) is 3.17. The van der Waals surface area contributed by atoms with Gasteiger partial charge < -0.3 is 20.1 Å². The van der Waals surface area contributed by atoms with Gasteiger partial charge in [-0.05, 0) is 96.3 Å². The van der Waals surface area contributed by atoms with Crippen molar-refractivity contribution in [3.63, 3.8) is 0 Å². The van der Waals surface area contributed by atoms with Crippen LogP contribution in [-0.2, 0) is 32.7 Å². The van der Waals surface area contributed by atoms with Crippen LogP contribution in [0.5, 0.6) is 0 Å². The second-order valence-electron chi connectivity index (χ2n) is 13.1. The van der Waals surface area contributed by atoms with Gasteiger partial charge in [0.1, 0.15) is 6.61 Å². The quantitative estimate of drug-likeness (QED) is 0.0273. The summed E-state index contributed by atoms with van der Waals surface area (Å²) in [5, 5.41) is 0. The Kier molecular flexibility index (Phi) is 38.3. The van der Waals surface area contributed by atoms with Crippen LogP contribution in [0.2, 0.25) is 0 Å². The fourth-order valence-corrected chi connectivity index (χ4v) is 5.67. The molecule has 0 fully saturated rings. The zero-order valence-corrected chi connectivity index (χ0v) is 35.0. The van der Waals surface area contributed by atoms with Gasteiger partial charge >= 0.3 is 19.8 Å². The molecule has 0 aliphatic carbocycles. The first-order valence-corrected chi connectivity index (χ1v) is 22.2. The molecule has 2 atom stereocenters. The Labute approximate surface area is 334 Å². The highest BCUT2D eigenvalue weighted by molar-refractivity contribution is 7.47. The van der Waals surface area contributed by atoms with Crippen LogP contribution in [0.25, 0.3) is 0 Å². The van der Waals surface area contributed by atoms with Crippen molar-refractivity contribution in [2.75, 3.05) is 26.4 Å². The molecule has 10 heteroatoms. The molecule has 0 aromatic rings. The second kappa shape index (κ2) is 40.6. The number of nitrogens with two attached hydrogens (primary N) is 1. The van der Waals surface area contributed by atoms with Crippen molar-refractivity contribution in [2.45, 2.75) is 148 Å². The van der Waals surface area contributed by atoms with Gasteiger partial charge in [0.05, 0.1) is 13.2 Å². The highest BCUT2D eigenvalue weighted by atomic mass is 31.2. The molecule has 3 N–H and O–H groups in total. The van der Waals surface area contributed by atoms with E-state index in [4.69, 9.17) is 24.3 Å². The lowest BCUT2D eigenvalue weighted by Crippen LogP contribution is -2.29. The van der Waals surface area contributed by atoms with Crippen molar-refractivity contribution in [1.82, 2.24) is 0 Å². The van der Waals surface area contributed by atoms with Crippen molar-refractivity contribution in [3.8, 4) is 0 Å². The van der Waals surface area contributed by atoms with Crippen LogP contribution >= 0.6 is 7.82 Å². The number of carbonyl (C=O) groups excluding carboxylic acids is 2. The molecule has 0 heterocycles. The number of allylic oxidation sites excluding steroid dienone is 16. The van der Waals surface area contributed by atoms with Gasteiger partial charge in [0.2, 0.25) is 0 Å². The third-order valence-electron chi connectivity index (χ3n) is 7.95. The lowest BCUT2D eigenvalue weighted by molar-refractivity contribution is -0.161. The van der Waals surface area contributed by atoms with Crippen molar-refractivity contribution in [1.29, 1.82) is 0 Å². The van der Waals surface area contributed by atoms with E-state index in [2.05, 4.69) is 111 Å². The van der Waals surface area contributed by atoms with E-state index >= 15 is 0 Å². The van der Waals surface area contributed by atoms with E-state index in [1.807, 2.05) is 0 Å². The van der Waals surface area contributed by atoms with Crippen LogP contribution in [0.15, 0.2) is 97.2 Å². The molecule has 312 valence electrons. The Morgan fingerprint density at radius 2 is 1.00 bits per heavy atom. The molecule has 0 saturated carbocycles. The summed E-state index contributed by atoms with van der Waals surface area (Å²) in [4.78, 5) is 34.8. The zero-order chi connectivity index (χ0) is 40.3. The lowest BCUT2D eigenvalue weighted by atomic mass is 10.1. The Hall–Kier alpha value is -3.07. The highest BCUT2D eigenvalue weighted by Gasteiger charge is 2.25. The standard InChI is InChI=1S/C45H74NO8P/c1-3-5-7-9-11-13-15-17-19-20-21-22-24-26-28-30-32-34-36-38-45(48)54-43(42-53-55(49,50)52-40-39-46)41-51-44(47)37-35-33-31-29-27-25-23-18-16-14-12-10-8-6-4-2/h6,8,11-14,17-19,21-23,26-29,43H,3-5,7,9-10,15-16,20,24-25,30-42,46H2,1-2H3,(H,49,50)/b8-6-,13-11-,14-12-,19-17-,22-21-,23-18-,28-26-,29-27-/t43-/m1/s1. The molecule has 0 aliphatic heterocycles. The van der Waals surface area contributed by atoms with Gasteiger partial charge in [0, 0.05) is 19.4 Å². The average molecular weight is 788 g/mol. The zero-order valence-electron chi connectivity index (χ0n) is 34.1. The number of unbranched alkanes of at least 4 members (excludes halogenated alkanes) is 8. The summed E-state index contributed by atoms with van der Waals surface area (Å²) in [6.07, 6.45) is 51.5. The van der Waals surface area contributed by atoms with Crippen molar-refractivity contribution < 1.29 is 37.6 Å². The number of ether oxygens (including phenoxy) is 2. The van der Waals surface area contributed by atoms with Gasteiger partial charge in [-0.15, -0.1) is 0 Å². The fourth-order valence-electron chi connectivity index (χ4n) is 4.90. The second-order valence-corrected chi connectivity index (χ2v) is 14.6. The molecule has 0 aliphatic rings. The van der Waals surface area contributed by atoms with Gasteiger partial charge in [0.15, 0.2) is 6.10 Å². The molecule has 0 spiro atoms. The predicted molar refractivity (Wildman–Crippen MR) is 228 cm³/mol. The highest BCUT2D eigenvalue weighted by Crippen LogP contribution is 2.43. The number of hydrogen-bond acceptors (Lipinski definition) is 8. The number of esters is 2. The SMILES string of the molecule is CC/C=C\C/C=C\C/C=C\C/C=C\CCCCC(=O)OC[C@H](COP(=O)(O)OCCN)OC(=O)CCCCC/C=C\C/C=C\C/C=C\C/C=C\CCCCC. The first-order valence-electron chi connectivity index (χ1n) is 20.7. The minimum Gasteiger partial charge on any atom is -0.462 e. The van der Waals surface area contributed by atoms with Crippen LogP contribution < -0.4 is 5.73 Å². The Balaban J connectivity index is 4.34. The summed E-state index contributed by atoms with van der Waals surface area (Å²) in [6.45, 7) is 3.47. The molecule has 0 aromatic heterocycles. The Morgan fingerprint density at radius 3 is 1.49 bits per heavy atom. The third-order valence-corrected chi connectivity index (χ3v) is 8.94. The molecule has 55 heavy (non-hydrogen) atoms. The van der Waals surface area contributed by atoms with E-state index in [0.717, 1.165) is 77.0 Å². The maximum atomic E-state index is 12.6. The number of hydrogen-bond donors (Lipinski definition) is 2. The van der Waals surface area contributed by atoms with Gasteiger partial charge in [-0.3, -0.25) is 18.6 Å². The summed E-state index contributed by atoms with van der Waals surface area (Å²) in [6, 6.07) is 0. The molecule has 1 unspecified atom stereocenters. The third kappa shape index (κ3) is 40.4. The number of rotatable bonds is 37. The van der Waals surface area contributed by atoms with Crippen LogP contribution in [0.1, 0.15) is 142 Å². The molecule has 0 aromatic carbocycles. The van der Waals surface area contributed by atoms with E-state index < -0.39 is 32.5 Å². The molecular weight excluding hydrogens is 713 g/mol. The number of carbonyl (C=O) groups is 2. The Morgan fingerprint density at radius 1 is 0.564 bits per heavy atom. The number of phosphoric acid groups is 1. The van der Waals surface area contributed by atoms with Crippen LogP contribution in [0.3, 0.4) is 0 Å². The normalized spacial score (nSPS) is 14.3. The predicted octanol–water partition coefficient (Wildman–Crippen LogP) is 11.8. The van der Waals surface area contributed by atoms with Crippen molar-refractivity contribution in [2.24, 2.45) is 5.73 Å².